The second-order valence-corrected chi connectivity index (χ2v) is 6.34. The first kappa shape index (κ1) is 28.3. The van der Waals surface area contributed by atoms with E-state index < -0.39 is 12.1 Å². The van der Waals surface area contributed by atoms with Gasteiger partial charge in [-0.15, -0.1) is 0 Å². The minimum absolute atomic E-state index is 0.0889. The highest BCUT2D eigenvalue weighted by molar-refractivity contribution is 6.30. The van der Waals surface area contributed by atoms with Crippen molar-refractivity contribution in [2.45, 2.75) is 13.0 Å². The summed E-state index contributed by atoms with van der Waals surface area (Å²) < 4.78 is 10.5. The summed E-state index contributed by atoms with van der Waals surface area (Å²) in [5.74, 6) is 0.716. The summed E-state index contributed by atoms with van der Waals surface area (Å²) in [5, 5.41) is 22.1. The van der Waals surface area contributed by atoms with E-state index in [0.29, 0.717) is 16.3 Å². The third-order valence-corrected chi connectivity index (χ3v) is 3.78. The van der Waals surface area contributed by atoms with Gasteiger partial charge in [0.1, 0.15) is 13.3 Å². The van der Waals surface area contributed by atoms with Gasteiger partial charge in [-0.2, -0.15) is 10.3 Å². The maximum absolute atomic E-state index is 11.9. The van der Waals surface area contributed by atoms with Crippen LogP contribution in [0.2, 0.25) is 5.02 Å². The van der Waals surface area contributed by atoms with Crippen LogP contribution in [0.1, 0.15) is 12.5 Å². The van der Waals surface area contributed by atoms with E-state index in [1.54, 1.807) is 36.4 Å². The standard InChI is InChI=1S/C21H26ClN3O3.C2H2N2/c1-4-6-7-8-16(3)28-15-24-14-19(25-21(26)27-13-5-2)20(23)17-9-11-18(22)12-10-17;1-4-2-3/h4-12,19,23-24H,1-2,13-15H2,3H3,(H,25,26);1H2/b7-6-,16-8+,23-20?;. The number of aliphatic imine (C=N–C) groups is 1. The van der Waals surface area contributed by atoms with Gasteiger partial charge in [0.05, 0.1) is 17.5 Å². The van der Waals surface area contributed by atoms with Crippen LogP contribution in [0, 0.1) is 16.9 Å². The van der Waals surface area contributed by atoms with Crippen molar-refractivity contribution in [2.24, 2.45) is 4.99 Å². The molecule has 0 bridgehead atoms. The minimum Gasteiger partial charge on any atom is -0.483 e. The lowest BCUT2D eigenvalue weighted by Crippen LogP contribution is -2.47. The Kier molecular flexibility index (Phi) is 16.0. The number of carbonyl (C=O) groups is 1. The van der Waals surface area contributed by atoms with Crippen LogP contribution in [0.5, 0.6) is 0 Å². The molecule has 1 amide bonds. The average molecular weight is 458 g/mol. The zero-order valence-electron chi connectivity index (χ0n) is 18.0. The number of ether oxygens (including phenoxy) is 2. The van der Waals surface area contributed by atoms with Crippen molar-refractivity contribution in [1.29, 1.82) is 10.7 Å². The van der Waals surface area contributed by atoms with Gasteiger partial charge in [-0.25, -0.2) is 4.79 Å². The Morgan fingerprint density at radius 2 is 1.97 bits per heavy atom. The normalized spacial score (nSPS) is 11.2. The molecule has 1 aromatic carbocycles. The summed E-state index contributed by atoms with van der Waals surface area (Å²) in [4.78, 5) is 14.7. The highest BCUT2D eigenvalue weighted by Crippen LogP contribution is 2.11. The number of rotatable bonds is 12. The van der Waals surface area contributed by atoms with Gasteiger partial charge in [0.25, 0.3) is 0 Å². The lowest BCUT2D eigenvalue weighted by molar-refractivity contribution is 0.154. The Bertz CT molecular complexity index is 857. The quantitative estimate of drug-likeness (QED) is 0.0818. The van der Waals surface area contributed by atoms with E-state index in [1.807, 2.05) is 19.1 Å². The Morgan fingerprint density at radius 3 is 2.53 bits per heavy atom. The van der Waals surface area contributed by atoms with Crippen LogP contribution in [0.4, 0.5) is 4.79 Å². The molecule has 0 saturated carbocycles. The van der Waals surface area contributed by atoms with Crippen LogP contribution >= 0.6 is 11.6 Å². The number of hydrogen-bond donors (Lipinski definition) is 3. The van der Waals surface area contributed by atoms with Crippen LogP contribution in [-0.2, 0) is 9.47 Å². The molecule has 170 valence electrons. The zero-order chi connectivity index (χ0) is 24.2. The van der Waals surface area contributed by atoms with Crippen LogP contribution in [0.3, 0.4) is 0 Å². The molecule has 0 aliphatic heterocycles. The van der Waals surface area contributed by atoms with E-state index in [2.05, 4.69) is 35.5 Å². The molecule has 1 rings (SSSR count). The number of carbonyl (C=O) groups excluding carboxylic acids is 1. The highest BCUT2D eigenvalue weighted by atomic mass is 35.5. The molecule has 3 N–H and O–H groups in total. The van der Waals surface area contributed by atoms with Gasteiger partial charge in [-0.1, -0.05) is 61.2 Å². The topological polar surface area (TPSA) is 120 Å². The number of nitrogens with one attached hydrogen (secondary N) is 3. The molecule has 0 heterocycles. The van der Waals surface area contributed by atoms with Gasteiger partial charge in [0.15, 0.2) is 0 Å². The highest BCUT2D eigenvalue weighted by Gasteiger charge is 2.19. The molecule has 0 aliphatic rings. The number of nitrogens with zero attached hydrogens (tertiary/aromatic N) is 2. The van der Waals surface area contributed by atoms with Gasteiger partial charge >= 0.3 is 6.09 Å². The molecule has 0 fully saturated rings. The van der Waals surface area contributed by atoms with E-state index >= 15 is 0 Å². The molecule has 0 spiro atoms. The molecule has 9 heteroatoms. The van der Waals surface area contributed by atoms with Gasteiger partial charge in [-0.05, 0) is 30.7 Å². The number of benzene rings is 1. The summed E-state index contributed by atoms with van der Waals surface area (Å²) in [7, 11) is 0. The summed E-state index contributed by atoms with van der Waals surface area (Å²) in [5.41, 5.74) is 0.868. The predicted octanol–water partition coefficient (Wildman–Crippen LogP) is 4.37. The molecule has 1 atom stereocenters. The Balaban J connectivity index is 0.00000220. The average Bonchev–Trinajstić information content (AvgIpc) is 2.80. The fourth-order valence-corrected chi connectivity index (χ4v) is 2.19. The molecule has 0 saturated heterocycles. The SMILES string of the molecule is C=C/C=C\C=C(/C)OCNCC(NC(=O)OCC=C)C(=N)c1ccc(Cl)cc1.C=NC#N. The fourth-order valence-electron chi connectivity index (χ4n) is 2.06. The van der Waals surface area contributed by atoms with Crippen molar-refractivity contribution < 1.29 is 14.3 Å². The lowest BCUT2D eigenvalue weighted by Gasteiger charge is -2.20. The van der Waals surface area contributed by atoms with Crippen molar-refractivity contribution in [3.8, 4) is 6.19 Å². The van der Waals surface area contributed by atoms with Crippen molar-refractivity contribution in [3.63, 3.8) is 0 Å². The molecule has 1 aromatic rings. The zero-order valence-corrected chi connectivity index (χ0v) is 18.8. The summed E-state index contributed by atoms with van der Waals surface area (Å²) in [6.07, 6.45) is 9.38. The molecule has 8 nitrogen and oxygen atoms in total. The first-order valence-corrected chi connectivity index (χ1v) is 9.80. The summed E-state index contributed by atoms with van der Waals surface area (Å²) in [6, 6.07) is 6.22. The van der Waals surface area contributed by atoms with Crippen LogP contribution < -0.4 is 10.6 Å². The predicted molar refractivity (Wildman–Crippen MR) is 129 cm³/mol. The number of allylic oxidation sites excluding steroid dienone is 5. The molecule has 0 radical (unpaired) electrons. The molecule has 1 unspecified atom stereocenters. The van der Waals surface area contributed by atoms with Crippen LogP contribution in [-0.4, -0.2) is 44.4 Å². The van der Waals surface area contributed by atoms with Crippen molar-refractivity contribution in [3.05, 3.63) is 84.1 Å². The third kappa shape index (κ3) is 13.5. The van der Waals surface area contributed by atoms with E-state index in [0.717, 1.165) is 0 Å². The van der Waals surface area contributed by atoms with Crippen molar-refractivity contribution in [2.75, 3.05) is 19.9 Å². The molecular weight excluding hydrogens is 430 g/mol. The second-order valence-electron chi connectivity index (χ2n) is 5.90. The van der Waals surface area contributed by atoms with Crippen LogP contribution in [0.15, 0.2) is 78.6 Å². The Labute approximate surface area is 194 Å². The van der Waals surface area contributed by atoms with E-state index in [1.165, 1.54) is 12.3 Å². The van der Waals surface area contributed by atoms with E-state index in [-0.39, 0.29) is 25.6 Å². The minimum atomic E-state index is -0.628. The fraction of sp³-hybridized carbons (Fsp3) is 0.217. The number of amides is 1. The number of hydrogen-bond acceptors (Lipinski definition) is 7. The first-order valence-electron chi connectivity index (χ1n) is 9.42. The number of nitriles is 1. The molecular formula is C23H28ClN5O3. The lowest BCUT2D eigenvalue weighted by atomic mass is 10.0. The molecule has 0 aromatic heterocycles. The monoisotopic (exact) mass is 457 g/mol. The summed E-state index contributed by atoms with van der Waals surface area (Å²) >= 11 is 5.90. The molecule has 0 aliphatic carbocycles. The number of halogens is 1. The Hall–Kier alpha value is -3.67. The largest absolute Gasteiger partial charge is 0.483 e. The van der Waals surface area contributed by atoms with Gasteiger partial charge in [0.2, 0.25) is 6.19 Å². The first-order chi connectivity index (χ1) is 15.4. The van der Waals surface area contributed by atoms with Gasteiger partial charge < -0.3 is 20.2 Å². The summed E-state index contributed by atoms with van der Waals surface area (Å²) in [6.45, 7) is 12.4. The maximum Gasteiger partial charge on any atom is 0.408 e. The van der Waals surface area contributed by atoms with E-state index in [4.69, 9.17) is 31.7 Å². The molecule has 32 heavy (non-hydrogen) atoms. The van der Waals surface area contributed by atoms with E-state index in [9.17, 15) is 4.79 Å². The van der Waals surface area contributed by atoms with Crippen molar-refractivity contribution in [1.82, 2.24) is 10.6 Å². The van der Waals surface area contributed by atoms with Gasteiger partial charge in [0, 0.05) is 18.3 Å². The smallest absolute Gasteiger partial charge is 0.408 e. The second kappa shape index (κ2) is 18.1. The number of alkyl carbamates (subject to hydrolysis) is 1. The third-order valence-electron chi connectivity index (χ3n) is 3.53. The van der Waals surface area contributed by atoms with Gasteiger partial charge in [-0.3, -0.25) is 5.32 Å². The van der Waals surface area contributed by atoms with Crippen LogP contribution in [0.25, 0.3) is 0 Å². The maximum atomic E-state index is 11.9. The van der Waals surface area contributed by atoms with Crippen molar-refractivity contribution >= 4 is 30.1 Å². The Morgan fingerprint density at radius 1 is 1.31 bits per heavy atom.